The van der Waals surface area contributed by atoms with Gasteiger partial charge in [0, 0.05) is 10.1 Å². The monoisotopic (exact) mass is 108 g/mol. The molecule has 0 saturated heterocycles. The molecule has 0 aromatic rings. The highest BCUT2D eigenvalue weighted by Gasteiger charge is 1.77. The summed E-state index contributed by atoms with van der Waals surface area (Å²) in [6.07, 6.45) is 0.943. The molecule has 0 saturated carbocycles. The highest BCUT2D eigenvalue weighted by atomic mass is 17.7. The van der Waals surface area contributed by atoms with Gasteiger partial charge in [0.15, 0.2) is 0 Å². The summed E-state index contributed by atoms with van der Waals surface area (Å²) in [5.74, 6) is 0. The summed E-state index contributed by atoms with van der Waals surface area (Å²) in [6.45, 7) is 3.07. The highest BCUT2D eigenvalue weighted by Crippen LogP contribution is 1.77. The zero-order valence-corrected chi connectivity index (χ0v) is 3.36. The van der Waals surface area contributed by atoms with Crippen LogP contribution in [0, 0.1) is 0 Å². The van der Waals surface area contributed by atoms with E-state index in [1.807, 2.05) is 0 Å². The minimum absolute atomic E-state index is 0.943. The van der Waals surface area contributed by atoms with E-state index in [1.165, 1.54) is 0 Å². The molecule has 7 heavy (non-hydrogen) atoms. The van der Waals surface area contributed by atoms with Gasteiger partial charge in [-0.15, -0.1) is 0 Å². The van der Waals surface area contributed by atoms with Crippen molar-refractivity contribution in [3.63, 3.8) is 0 Å². The summed E-state index contributed by atoms with van der Waals surface area (Å²) in [7, 11) is 0. The predicted octanol–water partition coefficient (Wildman–Crippen LogP) is 0.414. The van der Waals surface area contributed by atoms with Crippen molar-refractivity contribution in [3.8, 4) is 0 Å². The van der Waals surface area contributed by atoms with E-state index in [0.29, 0.717) is 0 Å². The van der Waals surface area contributed by atoms with Crippen molar-refractivity contribution in [1.29, 1.82) is 0 Å². The maximum absolute atomic E-state index is 7.33. The molecule has 0 atom stereocenters. The molecular weight excluding hydrogens is 104 g/mol. The van der Waals surface area contributed by atoms with Crippen molar-refractivity contribution in [1.82, 2.24) is 0 Å². The van der Waals surface area contributed by atoms with Crippen molar-refractivity contribution >= 4 is 0 Å². The van der Waals surface area contributed by atoms with Crippen LogP contribution in [0.3, 0.4) is 0 Å². The Bertz CT molecular complexity index is 43.3. The maximum atomic E-state index is 7.33. The van der Waals surface area contributed by atoms with Crippen LogP contribution in [0.5, 0.6) is 0 Å². The van der Waals surface area contributed by atoms with Crippen molar-refractivity contribution < 1.29 is 25.3 Å². The first-order valence-electron chi connectivity index (χ1n) is 1.33. The Kier molecular flexibility index (Phi) is 4.90. The molecule has 5 heteroatoms. The molecule has 0 unspecified atom stereocenters. The molecule has 42 valence electrons. The average molecular weight is 108 g/mol. The largest absolute Gasteiger partial charge is 0.315 e. The third-order valence-electron chi connectivity index (χ3n) is 0.166. The lowest BCUT2D eigenvalue weighted by molar-refractivity contribution is -0.693. The SMILES string of the molecule is C=COOOOO. The van der Waals surface area contributed by atoms with Gasteiger partial charge in [-0.05, 0) is 5.04 Å². The Morgan fingerprint density at radius 3 is 2.57 bits per heavy atom. The topological polar surface area (TPSA) is 57.2 Å². The summed E-state index contributed by atoms with van der Waals surface area (Å²) < 4.78 is 0. The molecule has 0 aromatic heterocycles. The van der Waals surface area contributed by atoms with E-state index in [4.69, 9.17) is 5.26 Å². The van der Waals surface area contributed by atoms with Crippen molar-refractivity contribution in [2.24, 2.45) is 0 Å². The Hall–Kier alpha value is -0.620. The van der Waals surface area contributed by atoms with E-state index in [-0.39, 0.29) is 0 Å². The fourth-order valence-corrected chi connectivity index (χ4v) is 0.0562. The highest BCUT2D eigenvalue weighted by molar-refractivity contribution is 4.41. The minimum Gasteiger partial charge on any atom is -0.315 e. The molecule has 0 aromatic carbocycles. The lowest BCUT2D eigenvalue weighted by atomic mass is 11.2. The molecule has 0 aliphatic heterocycles. The van der Waals surface area contributed by atoms with Crippen LogP contribution in [-0.2, 0) is 20.0 Å². The molecule has 1 N–H and O–H groups in total. The molecule has 0 fully saturated rings. The zero-order chi connectivity index (χ0) is 5.54. The van der Waals surface area contributed by atoms with Crippen molar-refractivity contribution in [2.45, 2.75) is 0 Å². The van der Waals surface area contributed by atoms with E-state index in [1.54, 1.807) is 0 Å². The van der Waals surface area contributed by atoms with Crippen LogP contribution in [0.2, 0.25) is 0 Å². The zero-order valence-electron chi connectivity index (χ0n) is 3.36. The van der Waals surface area contributed by atoms with Gasteiger partial charge in [-0.2, -0.15) is 0 Å². The average Bonchev–Trinajstić information content (AvgIpc) is 1.69. The molecule has 0 rings (SSSR count). The smallest absolute Gasteiger partial charge is 0.125 e. The molecule has 0 heterocycles. The third-order valence-corrected chi connectivity index (χ3v) is 0.166. The van der Waals surface area contributed by atoms with E-state index in [2.05, 4.69) is 26.6 Å². The molecule has 0 spiro atoms. The quantitative estimate of drug-likeness (QED) is 0.244. The van der Waals surface area contributed by atoms with E-state index >= 15 is 0 Å². The van der Waals surface area contributed by atoms with Gasteiger partial charge in [-0.25, -0.2) is 5.26 Å². The van der Waals surface area contributed by atoms with Crippen LogP contribution in [0.25, 0.3) is 0 Å². The second kappa shape index (κ2) is 5.38. The van der Waals surface area contributed by atoms with Crippen LogP contribution in [0.15, 0.2) is 12.8 Å². The molecular formula is C2H4O5. The number of hydrogen-bond acceptors (Lipinski definition) is 5. The predicted molar refractivity (Wildman–Crippen MR) is 17.2 cm³/mol. The Morgan fingerprint density at radius 2 is 2.14 bits per heavy atom. The fourth-order valence-electron chi connectivity index (χ4n) is 0.0562. The van der Waals surface area contributed by atoms with Crippen molar-refractivity contribution in [2.75, 3.05) is 0 Å². The Balaban J connectivity index is 2.56. The molecule has 5 nitrogen and oxygen atoms in total. The summed E-state index contributed by atoms with van der Waals surface area (Å²) in [6, 6.07) is 0. The van der Waals surface area contributed by atoms with Crippen LogP contribution in [-0.4, -0.2) is 5.26 Å². The maximum Gasteiger partial charge on any atom is 0.125 e. The fraction of sp³-hybridized carbons (Fsp3) is 0. The first-order valence-corrected chi connectivity index (χ1v) is 1.33. The summed E-state index contributed by atoms with van der Waals surface area (Å²) in [4.78, 5) is 3.83. The van der Waals surface area contributed by atoms with E-state index in [9.17, 15) is 0 Å². The van der Waals surface area contributed by atoms with Crippen LogP contribution in [0.1, 0.15) is 0 Å². The van der Waals surface area contributed by atoms with Crippen LogP contribution >= 0.6 is 0 Å². The van der Waals surface area contributed by atoms with Crippen molar-refractivity contribution in [3.05, 3.63) is 12.8 Å². The van der Waals surface area contributed by atoms with Gasteiger partial charge in [0.25, 0.3) is 0 Å². The summed E-state index contributed by atoms with van der Waals surface area (Å²) in [5.41, 5.74) is 0. The lowest BCUT2D eigenvalue weighted by Crippen LogP contribution is -1.88. The molecule has 0 radical (unpaired) electrons. The minimum atomic E-state index is 0.943. The third kappa shape index (κ3) is 5.38. The summed E-state index contributed by atoms with van der Waals surface area (Å²) in [5, 5.41) is 17.2. The number of rotatable bonds is 4. The van der Waals surface area contributed by atoms with Gasteiger partial charge in [-0.3, -0.25) is 0 Å². The van der Waals surface area contributed by atoms with Gasteiger partial charge in [0.2, 0.25) is 0 Å². The van der Waals surface area contributed by atoms with Gasteiger partial charge >= 0.3 is 0 Å². The first kappa shape index (κ1) is 6.38. The van der Waals surface area contributed by atoms with Gasteiger partial charge < -0.3 is 4.89 Å². The Morgan fingerprint density at radius 1 is 1.43 bits per heavy atom. The second-order valence-electron chi connectivity index (χ2n) is 0.474. The van der Waals surface area contributed by atoms with Gasteiger partial charge in [0.05, 0.1) is 0 Å². The van der Waals surface area contributed by atoms with Gasteiger partial charge in [0.1, 0.15) is 6.26 Å². The standard InChI is InChI=1S/C2H4O5/c1-2-4-6-7-5-3/h2-3H,1H2. The molecule has 0 amide bonds. The summed E-state index contributed by atoms with van der Waals surface area (Å²) >= 11 is 0. The molecule has 0 bridgehead atoms. The van der Waals surface area contributed by atoms with E-state index in [0.717, 1.165) is 6.26 Å². The lowest BCUT2D eigenvalue weighted by Gasteiger charge is -1.89. The van der Waals surface area contributed by atoms with Crippen LogP contribution in [0.4, 0.5) is 0 Å². The van der Waals surface area contributed by atoms with Gasteiger partial charge in [-0.1, -0.05) is 6.58 Å². The second-order valence-corrected chi connectivity index (χ2v) is 0.474. The normalized spacial score (nSPS) is 8.14. The van der Waals surface area contributed by atoms with E-state index < -0.39 is 0 Å². The molecule has 0 aliphatic carbocycles. The molecule has 0 aliphatic rings. The Labute approximate surface area is 39.4 Å². The number of hydrogen-bond donors (Lipinski definition) is 1. The first-order chi connectivity index (χ1) is 3.41. The van der Waals surface area contributed by atoms with Crippen LogP contribution < -0.4 is 0 Å².